The number of fused-ring (bicyclic) bond motifs is 1. The Bertz CT molecular complexity index is 1010. The monoisotopic (exact) mass is 350 g/mol. The highest BCUT2D eigenvalue weighted by Gasteiger charge is 2.35. The van der Waals surface area contributed by atoms with E-state index in [2.05, 4.69) is 4.40 Å². The van der Waals surface area contributed by atoms with Crippen molar-refractivity contribution >= 4 is 25.9 Å². The van der Waals surface area contributed by atoms with Gasteiger partial charge in [-0.1, -0.05) is 29.8 Å². The van der Waals surface area contributed by atoms with Crippen molar-refractivity contribution in [1.29, 1.82) is 0 Å². The molecule has 0 radical (unpaired) electrons. The molecule has 0 atom stereocenters. The van der Waals surface area contributed by atoms with E-state index in [1.165, 1.54) is 25.2 Å². The van der Waals surface area contributed by atoms with Crippen molar-refractivity contribution < 1.29 is 16.8 Å². The second-order valence-electron chi connectivity index (χ2n) is 5.17. The molecule has 2 aromatic carbocycles. The predicted octanol–water partition coefficient (Wildman–Crippen LogP) is 1.76. The van der Waals surface area contributed by atoms with Crippen LogP contribution >= 0.6 is 0 Å². The molecule has 6 nitrogen and oxygen atoms in total. The number of benzene rings is 2. The maximum atomic E-state index is 12.7. The third kappa shape index (κ3) is 2.53. The van der Waals surface area contributed by atoms with Crippen molar-refractivity contribution in [1.82, 2.24) is 4.31 Å². The minimum atomic E-state index is -3.89. The summed E-state index contributed by atoms with van der Waals surface area (Å²) in [5, 5.41) is 0. The second-order valence-corrected chi connectivity index (χ2v) is 8.71. The normalized spacial score (nSPS) is 15.8. The first-order valence-corrected chi connectivity index (χ1v) is 9.61. The number of sulfonamides is 2. The van der Waals surface area contributed by atoms with Gasteiger partial charge in [-0.3, -0.25) is 4.31 Å². The maximum absolute atomic E-state index is 12.7. The molecule has 8 heteroatoms. The van der Waals surface area contributed by atoms with E-state index in [1.54, 1.807) is 30.3 Å². The van der Waals surface area contributed by atoms with Gasteiger partial charge in [0.25, 0.3) is 20.0 Å². The molecule has 1 heterocycles. The zero-order chi connectivity index (χ0) is 16.8. The topological polar surface area (TPSA) is 83.9 Å². The molecule has 0 amide bonds. The van der Waals surface area contributed by atoms with E-state index in [0.717, 1.165) is 9.87 Å². The van der Waals surface area contributed by atoms with Crippen LogP contribution in [0.2, 0.25) is 0 Å². The van der Waals surface area contributed by atoms with Gasteiger partial charge < -0.3 is 0 Å². The van der Waals surface area contributed by atoms with Gasteiger partial charge in [0.2, 0.25) is 0 Å². The first kappa shape index (κ1) is 15.7. The summed E-state index contributed by atoms with van der Waals surface area (Å²) in [6.07, 6.45) is 0. The van der Waals surface area contributed by atoms with Crippen molar-refractivity contribution in [3.05, 3.63) is 59.7 Å². The minimum Gasteiger partial charge on any atom is -0.252 e. The number of aryl methyl sites for hydroxylation is 1. The zero-order valence-electron chi connectivity index (χ0n) is 12.5. The molecule has 2 aromatic rings. The van der Waals surface area contributed by atoms with Gasteiger partial charge in [0, 0.05) is 12.6 Å². The minimum absolute atomic E-state index is 0.0148. The number of hydrogen-bond donors (Lipinski definition) is 0. The van der Waals surface area contributed by atoms with Crippen LogP contribution in [0, 0.1) is 6.92 Å². The molecule has 120 valence electrons. The molecule has 1 aliphatic heterocycles. The average Bonchev–Trinajstić information content (AvgIpc) is 2.79. The van der Waals surface area contributed by atoms with E-state index in [1.807, 2.05) is 6.92 Å². The van der Waals surface area contributed by atoms with Crippen molar-refractivity contribution in [2.75, 3.05) is 7.05 Å². The summed E-state index contributed by atoms with van der Waals surface area (Å²) in [6, 6.07) is 12.5. The number of nitrogens with zero attached hydrogens (tertiary/aromatic N) is 2. The highest BCUT2D eigenvalue weighted by Crippen LogP contribution is 2.29. The fourth-order valence-electron chi connectivity index (χ4n) is 2.30. The van der Waals surface area contributed by atoms with E-state index in [-0.39, 0.29) is 21.2 Å². The van der Waals surface area contributed by atoms with Gasteiger partial charge in [0.15, 0.2) is 5.84 Å². The molecule has 0 saturated carbocycles. The van der Waals surface area contributed by atoms with Crippen LogP contribution in [0.1, 0.15) is 11.1 Å². The smallest absolute Gasteiger partial charge is 0.252 e. The number of amidine groups is 1. The molecule has 0 N–H and O–H groups in total. The third-order valence-corrected chi connectivity index (χ3v) is 6.68. The van der Waals surface area contributed by atoms with Crippen LogP contribution < -0.4 is 0 Å². The molecule has 0 fully saturated rings. The summed E-state index contributed by atoms with van der Waals surface area (Å²) >= 11 is 0. The Balaban J connectivity index is 2.11. The zero-order valence-corrected chi connectivity index (χ0v) is 14.1. The standard InChI is InChI=1S/C15H14N2O4S2/c1-11-7-9-12(10-8-11)23(20,21)17(2)15-13-5-3-4-6-14(13)22(18,19)16-15/h3-10H,1-2H3. The first-order chi connectivity index (χ1) is 10.7. The summed E-state index contributed by atoms with van der Waals surface area (Å²) in [7, 11) is -6.46. The number of rotatable bonds is 2. The van der Waals surface area contributed by atoms with E-state index >= 15 is 0 Å². The van der Waals surface area contributed by atoms with Gasteiger partial charge in [-0.15, -0.1) is 4.40 Å². The lowest BCUT2D eigenvalue weighted by atomic mass is 10.2. The van der Waals surface area contributed by atoms with Crippen LogP contribution in [0.5, 0.6) is 0 Å². The Morgan fingerprint density at radius 2 is 1.61 bits per heavy atom. The summed E-state index contributed by atoms with van der Waals surface area (Å²) < 4.78 is 54.1. The molecule has 0 bridgehead atoms. The second kappa shape index (κ2) is 5.17. The Hall–Kier alpha value is -2.19. The molecule has 23 heavy (non-hydrogen) atoms. The SMILES string of the molecule is Cc1ccc(S(=O)(=O)N(C)C2=NS(=O)(=O)c3ccccc32)cc1. The van der Waals surface area contributed by atoms with Crippen LogP contribution in [0.4, 0.5) is 0 Å². The van der Waals surface area contributed by atoms with E-state index < -0.39 is 20.0 Å². The lowest BCUT2D eigenvalue weighted by molar-refractivity contribution is 0.553. The largest absolute Gasteiger partial charge is 0.285 e. The Morgan fingerprint density at radius 1 is 1.00 bits per heavy atom. The van der Waals surface area contributed by atoms with Crippen LogP contribution in [-0.2, 0) is 20.0 Å². The van der Waals surface area contributed by atoms with E-state index in [9.17, 15) is 16.8 Å². The van der Waals surface area contributed by atoms with Crippen LogP contribution in [-0.4, -0.2) is 34.0 Å². The van der Waals surface area contributed by atoms with Crippen LogP contribution in [0.3, 0.4) is 0 Å². The van der Waals surface area contributed by atoms with Crippen LogP contribution in [0.25, 0.3) is 0 Å². The third-order valence-electron chi connectivity index (χ3n) is 3.59. The molecule has 1 aliphatic rings. The van der Waals surface area contributed by atoms with Gasteiger partial charge in [0.05, 0.1) is 4.90 Å². The van der Waals surface area contributed by atoms with Crippen molar-refractivity contribution in [3.8, 4) is 0 Å². The fraction of sp³-hybridized carbons (Fsp3) is 0.133. The first-order valence-electron chi connectivity index (χ1n) is 6.73. The Labute approximate surface area is 135 Å². The lowest BCUT2D eigenvalue weighted by Crippen LogP contribution is -2.33. The summed E-state index contributed by atoms with van der Waals surface area (Å²) in [5.74, 6) is -0.0961. The average molecular weight is 350 g/mol. The molecule has 0 saturated heterocycles. The quantitative estimate of drug-likeness (QED) is 0.826. The van der Waals surface area contributed by atoms with Gasteiger partial charge in [0.1, 0.15) is 4.90 Å². The van der Waals surface area contributed by atoms with Crippen LogP contribution in [0.15, 0.2) is 62.7 Å². The summed E-state index contributed by atoms with van der Waals surface area (Å²) in [6.45, 7) is 1.85. The summed E-state index contributed by atoms with van der Waals surface area (Å²) in [5.41, 5.74) is 1.21. The predicted molar refractivity (Wildman–Crippen MR) is 86.3 cm³/mol. The Morgan fingerprint density at radius 3 is 2.26 bits per heavy atom. The molecular formula is C15H14N2O4S2. The lowest BCUT2D eigenvalue weighted by Gasteiger charge is -2.19. The van der Waals surface area contributed by atoms with Crippen molar-refractivity contribution in [2.24, 2.45) is 4.40 Å². The summed E-state index contributed by atoms with van der Waals surface area (Å²) in [4.78, 5) is 0.0936. The van der Waals surface area contributed by atoms with Gasteiger partial charge in [-0.2, -0.15) is 8.42 Å². The molecule has 0 aromatic heterocycles. The molecule has 0 aliphatic carbocycles. The van der Waals surface area contributed by atoms with Gasteiger partial charge in [-0.05, 0) is 31.2 Å². The maximum Gasteiger partial charge on any atom is 0.285 e. The van der Waals surface area contributed by atoms with Crippen molar-refractivity contribution in [3.63, 3.8) is 0 Å². The van der Waals surface area contributed by atoms with Gasteiger partial charge >= 0.3 is 0 Å². The highest BCUT2D eigenvalue weighted by atomic mass is 32.2. The Kier molecular flexibility index (Phi) is 3.53. The van der Waals surface area contributed by atoms with E-state index in [4.69, 9.17) is 0 Å². The molecule has 3 rings (SSSR count). The van der Waals surface area contributed by atoms with E-state index in [0.29, 0.717) is 0 Å². The molecular weight excluding hydrogens is 336 g/mol. The van der Waals surface area contributed by atoms with Crippen molar-refractivity contribution in [2.45, 2.75) is 16.7 Å². The number of hydrogen-bond acceptors (Lipinski definition) is 4. The molecule has 0 spiro atoms. The fourth-order valence-corrected chi connectivity index (χ4v) is 4.75. The highest BCUT2D eigenvalue weighted by molar-refractivity contribution is 7.91. The molecule has 0 unspecified atom stereocenters. The van der Waals surface area contributed by atoms with Gasteiger partial charge in [-0.25, -0.2) is 8.42 Å².